The molecule has 3 N–H and O–H groups in total. The Bertz CT molecular complexity index is 701. The standard InChI is InChI=1S/C18H22ClN3O3/c19-13-6-11(17(20)24)7-14(9-13)21-18(25)12-8-16(23)22(10-12)15-4-2-1-3-5-15/h6-7,9,12,15H,1-5,8,10H2,(H2,20,24)(H,21,25). The molecule has 0 bridgehead atoms. The molecule has 25 heavy (non-hydrogen) atoms. The van der Waals surface area contributed by atoms with E-state index in [2.05, 4.69) is 5.32 Å². The highest BCUT2D eigenvalue weighted by Gasteiger charge is 2.38. The van der Waals surface area contributed by atoms with E-state index in [1.165, 1.54) is 18.6 Å². The summed E-state index contributed by atoms with van der Waals surface area (Å²) in [5.74, 6) is -1.18. The van der Waals surface area contributed by atoms with Crippen LogP contribution in [0.15, 0.2) is 18.2 Å². The maximum absolute atomic E-state index is 12.5. The van der Waals surface area contributed by atoms with Crippen LogP contribution in [0.1, 0.15) is 48.9 Å². The van der Waals surface area contributed by atoms with E-state index >= 15 is 0 Å². The van der Waals surface area contributed by atoms with Gasteiger partial charge in [-0.05, 0) is 31.0 Å². The van der Waals surface area contributed by atoms with Gasteiger partial charge in [0.25, 0.3) is 0 Å². The van der Waals surface area contributed by atoms with Crippen molar-refractivity contribution in [2.45, 2.75) is 44.6 Å². The number of likely N-dealkylation sites (tertiary alicyclic amines) is 1. The van der Waals surface area contributed by atoms with Crippen LogP contribution >= 0.6 is 11.6 Å². The minimum Gasteiger partial charge on any atom is -0.366 e. The van der Waals surface area contributed by atoms with E-state index in [1.54, 1.807) is 6.07 Å². The second kappa shape index (κ2) is 7.44. The predicted molar refractivity (Wildman–Crippen MR) is 95.3 cm³/mol. The topological polar surface area (TPSA) is 92.5 Å². The van der Waals surface area contributed by atoms with E-state index < -0.39 is 5.91 Å². The van der Waals surface area contributed by atoms with Gasteiger partial charge in [-0.25, -0.2) is 0 Å². The van der Waals surface area contributed by atoms with Crippen LogP contribution in [0, 0.1) is 5.92 Å². The monoisotopic (exact) mass is 363 g/mol. The van der Waals surface area contributed by atoms with E-state index in [1.807, 2.05) is 4.90 Å². The average Bonchev–Trinajstić information content (AvgIpc) is 2.97. The van der Waals surface area contributed by atoms with Crippen molar-refractivity contribution < 1.29 is 14.4 Å². The molecule has 1 atom stereocenters. The van der Waals surface area contributed by atoms with Gasteiger partial charge in [-0.15, -0.1) is 0 Å². The van der Waals surface area contributed by atoms with Crippen molar-refractivity contribution in [2.75, 3.05) is 11.9 Å². The molecular weight excluding hydrogens is 342 g/mol. The number of nitrogens with two attached hydrogens (primary N) is 1. The van der Waals surface area contributed by atoms with Crippen molar-refractivity contribution in [3.05, 3.63) is 28.8 Å². The van der Waals surface area contributed by atoms with Crippen LogP contribution in [0.5, 0.6) is 0 Å². The van der Waals surface area contributed by atoms with Crippen molar-refractivity contribution in [3.63, 3.8) is 0 Å². The minimum absolute atomic E-state index is 0.0518. The lowest BCUT2D eigenvalue weighted by molar-refractivity contribution is -0.130. The number of hydrogen-bond donors (Lipinski definition) is 2. The minimum atomic E-state index is -0.613. The summed E-state index contributed by atoms with van der Waals surface area (Å²) in [5, 5.41) is 3.07. The first-order valence-corrected chi connectivity index (χ1v) is 9.02. The Kier molecular flexibility index (Phi) is 5.27. The summed E-state index contributed by atoms with van der Waals surface area (Å²) in [4.78, 5) is 38.0. The van der Waals surface area contributed by atoms with Crippen molar-refractivity contribution in [1.29, 1.82) is 0 Å². The van der Waals surface area contributed by atoms with Crippen molar-refractivity contribution in [2.24, 2.45) is 11.7 Å². The Morgan fingerprint density at radius 3 is 2.56 bits per heavy atom. The predicted octanol–water partition coefficient (Wildman–Crippen LogP) is 2.56. The molecule has 1 aliphatic carbocycles. The molecule has 0 radical (unpaired) electrons. The molecule has 6 nitrogen and oxygen atoms in total. The number of anilines is 1. The molecule has 1 unspecified atom stereocenters. The normalized spacial score (nSPS) is 21.4. The van der Waals surface area contributed by atoms with E-state index in [9.17, 15) is 14.4 Å². The molecule has 1 aliphatic heterocycles. The van der Waals surface area contributed by atoms with Crippen LogP contribution < -0.4 is 11.1 Å². The molecule has 2 fully saturated rings. The number of primary amides is 1. The third-order valence-corrected chi connectivity index (χ3v) is 5.21. The van der Waals surface area contributed by atoms with Gasteiger partial charge in [-0.2, -0.15) is 0 Å². The fourth-order valence-electron chi connectivity index (χ4n) is 3.70. The first-order chi connectivity index (χ1) is 11.9. The summed E-state index contributed by atoms with van der Waals surface area (Å²) in [6.45, 7) is 0.457. The van der Waals surface area contributed by atoms with Crippen LogP contribution in [-0.2, 0) is 9.59 Å². The molecule has 1 saturated heterocycles. The molecule has 3 amide bonds. The summed E-state index contributed by atoms with van der Waals surface area (Å²) in [6, 6.07) is 4.76. The van der Waals surface area contributed by atoms with Crippen LogP contribution in [-0.4, -0.2) is 35.2 Å². The van der Waals surface area contributed by atoms with Gasteiger partial charge in [-0.1, -0.05) is 30.9 Å². The van der Waals surface area contributed by atoms with Crippen LogP contribution in [0.25, 0.3) is 0 Å². The summed E-state index contributed by atoms with van der Waals surface area (Å²) in [5.41, 5.74) is 5.90. The highest BCUT2D eigenvalue weighted by atomic mass is 35.5. The maximum atomic E-state index is 12.5. The van der Waals surface area contributed by atoms with Crippen molar-refractivity contribution in [3.8, 4) is 0 Å². The number of amides is 3. The Hall–Kier alpha value is -2.08. The number of halogens is 1. The highest BCUT2D eigenvalue weighted by Crippen LogP contribution is 2.29. The van der Waals surface area contributed by atoms with Gasteiger partial charge < -0.3 is 16.0 Å². The van der Waals surface area contributed by atoms with Gasteiger partial charge in [0, 0.05) is 35.3 Å². The van der Waals surface area contributed by atoms with Crippen LogP contribution in [0.3, 0.4) is 0 Å². The Labute approximate surface area is 151 Å². The fraction of sp³-hybridized carbons (Fsp3) is 0.500. The van der Waals surface area contributed by atoms with Gasteiger partial charge >= 0.3 is 0 Å². The maximum Gasteiger partial charge on any atom is 0.248 e. The van der Waals surface area contributed by atoms with E-state index in [0.717, 1.165) is 25.7 Å². The SMILES string of the molecule is NC(=O)c1cc(Cl)cc(NC(=O)C2CC(=O)N(C3CCCCC3)C2)c1. The van der Waals surface area contributed by atoms with E-state index in [0.29, 0.717) is 17.3 Å². The zero-order valence-corrected chi connectivity index (χ0v) is 14.7. The number of carbonyl (C=O) groups is 3. The molecule has 1 aromatic rings. The summed E-state index contributed by atoms with van der Waals surface area (Å²) < 4.78 is 0. The van der Waals surface area contributed by atoms with Crippen molar-refractivity contribution >= 4 is 35.0 Å². The third kappa shape index (κ3) is 4.12. The van der Waals surface area contributed by atoms with Gasteiger partial charge in [0.2, 0.25) is 17.7 Å². The molecule has 0 spiro atoms. The van der Waals surface area contributed by atoms with Gasteiger partial charge in [0.15, 0.2) is 0 Å². The molecule has 1 aromatic carbocycles. The first-order valence-electron chi connectivity index (χ1n) is 8.65. The smallest absolute Gasteiger partial charge is 0.248 e. The lowest BCUT2D eigenvalue weighted by Gasteiger charge is -2.31. The summed E-state index contributed by atoms with van der Waals surface area (Å²) in [7, 11) is 0. The van der Waals surface area contributed by atoms with Crippen LogP contribution in [0.2, 0.25) is 5.02 Å². The number of nitrogens with one attached hydrogen (secondary N) is 1. The van der Waals surface area contributed by atoms with E-state index in [4.69, 9.17) is 17.3 Å². The average molecular weight is 364 g/mol. The van der Waals surface area contributed by atoms with Gasteiger partial charge in [0.05, 0.1) is 5.92 Å². The summed E-state index contributed by atoms with van der Waals surface area (Å²) >= 11 is 5.96. The lowest BCUT2D eigenvalue weighted by atomic mass is 9.94. The highest BCUT2D eigenvalue weighted by molar-refractivity contribution is 6.31. The lowest BCUT2D eigenvalue weighted by Crippen LogP contribution is -2.38. The largest absolute Gasteiger partial charge is 0.366 e. The van der Waals surface area contributed by atoms with E-state index in [-0.39, 0.29) is 35.8 Å². The molecule has 1 heterocycles. The second-order valence-electron chi connectivity index (χ2n) is 6.82. The van der Waals surface area contributed by atoms with Gasteiger partial charge in [-0.3, -0.25) is 14.4 Å². The molecule has 2 aliphatic rings. The number of hydrogen-bond acceptors (Lipinski definition) is 3. The van der Waals surface area contributed by atoms with Crippen molar-refractivity contribution in [1.82, 2.24) is 4.90 Å². The Morgan fingerprint density at radius 1 is 1.16 bits per heavy atom. The Balaban J connectivity index is 1.66. The summed E-state index contributed by atoms with van der Waals surface area (Å²) in [6.07, 6.45) is 5.78. The number of benzene rings is 1. The first kappa shape index (κ1) is 17.7. The molecular formula is C18H22ClN3O3. The quantitative estimate of drug-likeness (QED) is 0.860. The van der Waals surface area contributed by atoms with Crippen LogP contribution in [0.4, 0.5) is 5.69 Å². The fourth-order valence-corrected chi connectivity index (χ4v) is 3.94. The zero-order valence-electron chi connectivity index (χ0n) is 14.0. The Morgan fingerprint density at radius 2 is 1.88 bits per heavy atom. The van der Waals surface area contributed by atoms with Gasteiger partial charge in [0.1, 0.15) is 0 Å². The second-order valence-corrected chi connectivity index (χ2v) is 7.26. The zero-order chi connectivity index (χ0) is 18.0. The molecule has 1 saturated carbocycles. The number of rotatable bonds is 4. The molecule has 134 valence electrons. The molecule has 0 aromatic heterocycles. The third-order valence-electron chi connectivity index (χ3n) is 4.99. The number of nitrogens with zero attached hydrogens (tertiary/aromatic N) is 1. The number of carbonyl (C=O) groups excluding carboxylic acids is 3. The molecule has 7 heteroatoms. The molecule has 3 rings (SSSR count).